The molecule has 1 amide bonds. The summed E-state index contributed by atoms with van der Waals surface area (Å²) in [6, 6.07) is 9.99. The van der Waals surface area contributed by atoms with Crippen molar-refractivity contribution in [2.24, 2.45) is 5.73 Å². The van der Waals surface area contributed by atoms with Crippen LogP contribution in [0, 0.1) is 0 Å². The molecule has 0 fully saturated rings. The van der Waals surface area contributed by atoms with Crippen LogP contribution in [0.2, 0.25) is 0 Å². The van der Waals surface area contributed by atoms with E-state index < -0.39 is 0 Å². The van der Waals surface area contributed by atoms with Gasteiger partial charge in [0.2, 0.25) is 5.91 Å². The van der Waals surface area contributed by atoms with Crippen LogP contribution >= 0.6 is 12.4 Å². The van der Waals surface area contributed by atoms with Gasteiger partial charge in [-0.25, -0.2) is 0 Å². The number of hydrogen-bond donors (Lipinski definition) is 1. The van der Waals surface area contributed by atoms with E-state index in [1.54, 1.807) is 17.1 Å². The molecule has 0 atom stereocenters. The van der Waals surface area contributed by atoms with Gasteiger partial charge in [-0.15, -0.1) is 17.5 Å². The molecule has 0 radical (unpaired) electrons. The molecule has 0 spiro atoms. The lowest BCUT2D eigenvalue weighted by molar-refractivity contribution is -0.132. The maximum absolute atomic E-state index is 12.4. The molecule has 6 nitrogen and oxygen atoms in total. The predicted molar refractivity (Wildman–Crippen MR) is 87.4 cm³/mol. The third-order valence-electron chi connectivity index (χ3n) is 3.23. The summed E-state index contributed by atoms with van der Waals surface area (Å²) in [6.45, 7) is 2.44. The molecule has 0 saturated carbocycles. The Morgan fingerprint density at radius 2 is 2.05 bits per heavy atom. The normalized spacial score (nSPS) is 10.0. The van der Waals surface area contributed by atoms with Gasteiger partial charge >= 0.3 is 0 Å². The van der Waals surface area contributed by atoms with Gasteiger partial charge < -0.3 is 10.6 Å². The Hall–Kier alpha value is -1.92. The highest BCUT2D eigenvalue weighted by Crippen LogP contribution is 2.07. The standard InChI is InChI=1S/C15H21N5O.ClH/c16-8-4-10-19(13-14-5-2-1-3-6-14)15(21)7-11-20-12-9-17-18-20;/h1-3,5-6,9,12H,4,7-8,10-11,13,16H2;1H. The quantitative estimate of drug-likeness (QED) is 0.798. The second-order valence-corrected chi connectivity index (χ2v) is 4.86. The Balaban J connectivity index is 0.00000242. The van der Waals surface area contributed by atoms with Gasteiger partial charge in [-0.1, -0.05) is 35.5 Å². The molecular formula is C15H22ClN5O. The van der Waals surface area contributed by atoms with Gasteiger partial charge in [-0.05, 0) is 18.5 Å². The van der Waals surface area contributed by atoms with Crippen LogP contribution in [0.3, 0.4) is 0 Å². The molecule has 0 saturated heterocycles. The van der Waals surface area contributed by atoms with Crippen LogP contribution in [-0.4, -0.2) is 38.9 Å². The lowest BCUT2D eigenvalue weighted by atomic mass is 10.2. The fourth-order valence-electron chi connectivity index (χ4n) is 2.10. The molecular weight excluding hydrogens is 302 g/mol. The van der Waals surface area contributed by atoms with Crippen molar-refractivity contribution in [3.63, 3.8) is 0 Å². The number of nitrogens with two attached hydrogens (primary N) is 1. The van der Waals surface area contributed by atoms with Gasteiger partial charge in [0.1, 0.15) is 0 Å². The van der Waals surface area contributed by atoms with Gasteiger partial charge in [-0.3, -0.25) is 9.48 Å². The van der Waals surface area contributed by atoms with Crippen molar-refractivity contribution in [1.82, 2.24) is 19.9 Å². The highest BCUT2D eigenvalue weighted by Gasteiger charge is 2.13. The molecule has 120 valence electrons. The molecule has 2 N–H and O–H groups in total. The summed E-state index contributed by atoms with van der Waals surface area (Å²) in [7, 11) is 0. The van der Waals surface area contributed by atoms with Crippen LogP contribution in [0.25, 0.3) is 0 Å². The van der Waals surface area contributed by atoms with Gasteiger partial charge in [0.25, 0.3) is 0 Å². The number of carbonyl (C=O) groups is 1. The molecule has 2 rings (SSSR count). The Morgan fingerprint density at radius 3 is 2.68 bits per heavy atom. The van der Waals surface area contributed by atoms with E-state index in [1.807, 2.05) is 35.2 Å². The molecule has 2 aromatic rings. The maximum Gasteiger partial charge on any atom is 0.224 e. The van der Waals surface area contributed by atoms with Gasteiger partial charge in [0.15, 0.2) is 0 Å². The number of hydrogen-bond acceptors (Lipinski definition) is 4. The predicted octanol–water partition coefficient (Wildman–Crippen LogP) is 1.47. The van der Waals surface area contributed by atoms with Crippen LogP contribution in [0.1, 0.15) is 18.4 Å². The van der Waals surface area contributed by atoms with Crippen molar-refractivity contribution >= 4 is 18.3 Å². The van der Waals surface area contributed by atoms with Crippen molar-refractivity contribution in [3.05, 3.63) is 48.3 Å². The van der Waals surface area contributed by atoms with Gasteiger partial charge in [0, 0.05) is 25.7 Å². The zero-order valence-electron chi connectivity index (χ0n) is 12.5. The van der Waals surface area contributed by atoms with Crippen LogP contribution < -0.4 is 5.73 Å². The minimum Gasteiger partial charge on any atom is -0.338 e. The number of aromatic nitrogens is 3. The Kier molecular flexibility index (Phi) is 8.17. The molecule has 1 heterocycles. The minimum atomic E-state index is 0. The number of amides is 1. The van der Waals surface area contributed by atoms with E-state index in [0.717, 1.165) is 12.0 Å². The molecule has 1 aromatic heterocycles. The molecule has 0 bridgehead atoms. The zero-order valence-corrected chi connectivity index (χ0v) is 13.3. The van der Waals surface area contributed by atoms with Crippen molar-refractivity contribution in [2.45, 2.75) is 25.9 Å². The lowest BCUT2D eigenvalue weighted by Gasteiger charge is -2.22. The number of benzene rings is 1. The number of halogens is 1. The maximum atomic E-state index is 12.4. The molecule has 0 aliphatic heterocycles. The highest BCUT2D eigenvalue weighted by molar-refractivity contribution is 5.85. The summed E-state index contributed by atoms with van der Waals surface area (Å²) in [5.74, 6) is 0.114. The lowest BCUT2D eigenvalue weighted by Crippen LogP contribution is -2.33. The van der Waals surface area contributed by atoms with E-state index in [-0.39, 0.29) is 18.3 Å². The van der Waals surface area contributed by atoms with Crippen LogP contribution in [0.15, 0.2) is 42.7 Å². The number of rotatable bonds is 8. The summed E-state index contributed by atoms with van der Waals surface area (Å²) in [4.78, 5) is 14.2. The summed E-state index contributed by atoms with van der Waals surface area (Å²) in [5.41, 5.74) is 6.69. The second-order valence-electron chi connectivity index (χ2n) is 4.86. The number of carbonyl (C=O) groups excluding carboxylic acids is 1. The van der Waals surface area contributed by atoms with Crippen LogP contribution in [0.5, 0.6) is 0 Å². The van der Waals surface area contributed by atoms with E-state index >= 15 is 0 Å². The third-order valence-corrected chi connectivity index (χ3v) is 3.23. The summed E-state index contributed by atoms with van der Waals surface area (Å²) < 4.78 is 1.67. The smallest absolute Gasteiger partial charge is 0.224 e. The van der Waals surface area contributed by atoms with Gasteiger partial charge in [-0.2, -0.15) is 0 Å². The number of nitrogens with zero attached hydrogens (tertiary/aromatic N) is 4. The fourth-order valence-corrected chi connectivity index (χ4v) is 2.10. The summed E-state index contributed by atoms with van der Waals surface area (Å²) >= 11 is 0. The summed E-state index contributed by atoms with van der Waals surface area (Å²) in [5, 5.41) is 7.60. The topological polar surface area (TPSA) is 77.0 Å². The zero-order chi connectivity index (χ0) is 14.9. The van der Waals surface area contributed by atoms with Crippen molar-refractivity contribution in [1.29, 1.82) is 0 Å². The monoisotopic (exact) mass is 323 g/mol. The van der Waals surface area contributed by atoms with E-state index in [9.17, 15) is 4.79 Å². The van der Waals surface area contributed by atoms with E-state index in [0.29, 0.717) is 32.6 Å². The first-order valence-electron chi connectivity index (χ1n) is 7.15. The van der Waals surface area contributed by atoms with Crippen LogP contribution in [-0.2, 0) is 17.9 Å². The highest BCUT2D eigenvalue weighted by atomic mass is 35.5. The van der Waals surface area contributed by atoms with Crippen LogP contribution in [0.4, 0.5) is 0 Å². The van der Waals surface area contributed by atoms with E-state index in [1.165, 1.54) is 0 Å². The third kappa shape index (κ3) is 5.83. The largest absolute Gasteiger partial charge is 0.338 e. The molecule has 0 aliphatic rings. The molecule has 0 aliphatic carbocycles. The molecule has 1 aromatic carbocycles. The Labute approximate surface area is 136 Å². The Morgan fingerprint density at radius 1 is 1.27 bits per heavy atom. The number of aryl methyl sites for hydroxylation is 1. The second kappa shape index (κ2) is 9.92. The van der Waals surface area contributed by atoms with Crippen molar-refractivity contribution < 1.29 is 4.79 Å². The molecule has 0 unspecified atom stereocenters. The van der Waals surface area contributed by atoms with E-state index in [4.69, 9.17) is 5.73 Å². The van der Waals surface area contributed by atoms with Gasteiger partial charge in [0.05, 0.1) is 12.7 Å². The SMILES string of the molecule is Cl.NCCCN(Cc1ccccc1)C(=O)CCn1ccnn1. The minimum absolute atomic E-state index is 0. The van der Waals surface area contributed by atoms with Crippen molar-refractivity contribution in [3.8, 4) is 0 Å². The first-order chi connectivity index (χ1) is 10.3. The molecule has 7 heteroatoms. The Bertz CT molecular complexity index is 532. The summed E-state index contributed by atoms with van der Waals surface area (Å²) in [6.07, 6.45) is 4.60. The average molecular weight is 324 g/mol. The first kappa shape index (κ1) is 18.1. The van der Waals surface area contributed by atoms with E-state index in [2.05, 4.69) is 10.3 Å². The van der Waals surface area contributed by atoms with Crippen molar-refractivity contribution in [2.75, 3.05) is 13.1 Å². The average Bonchev–Trinajstić information content (AvgIpc) is 3.03. The molecule has 22 heavy (non-hydrogen) atoms. The first-order valence-corrected chi connectivity index (χ1v) is 7.15. The fraction of sp³-hybridized carbons (Fsp3) is 0.400.